The molecular weight excluding hydrogens is 252 g/mol. The normalized spacial score (nSPS) is 31.6. The highest BCUT2D eigenvalue weighted by atomic mass is 16.7. The molecule has 0 aromatic heterocycles. The molecule has 118 valence electrons. The largest absolute Gasteiger partial charge is 0.353 e. The fourth-order valence-electron chi connectivity index (χ4n) is 3.37. The summed E-state index contributed by atoms with van der Waals surface area (Å²) in [5, 5.41) is 0. The molecule has 20 heavy (non-hydrogen) atoms. The Labute approximate surface area is 124 Å². The van der Waals surface area contributed by atoms with Crippen LogP contribution in [0.5, 0.6) is 0 Å². The van der Waals surface area contributed by atoms with Gasteiger partial charge in [0.15, 0.2) is 6.29 Å². The molecule has 0 aromatic rings. The molecule has 2 N–H and O–H groups in total. The highest BCUT2D eigenvalue weighted by Crippen LogP contribution is 2.22. The van der Waals surface area contributed by atoms with Crippen LogP contribution < -0.4 is 5.73 Å². The third-order valence-electron chi connectivity index (χ3n) is 4.59. The summed E-state index contributed by atoms with van der Waals surface area (Å²) in [6, 6.07) is 1.15. The van der Waals surface area contributed by atoms with Crippen LogP contribution in [0, 0.1) is 0 Å². The zero-order valence-electron chi connectivity index (χ0n) is 13.1. The van der Waals surface area contributed by atoms with Crippen molar-refractivity contribution < 1.29 is 9.47 Å². The average molecular weight is 284 g/mol. The molecule has 1 aliphatic carbocycles. The molecule has 4 heteroatoms. The first kappa shape index (κ1) is 16.2. The molecule has 1 saturated carbocycles. The average Bonchev–Trinajstić information content (AvgIpc) is 2.48. The molecule has 1 heterocycles. The molecule has 4 nitrogen and oxygen atoms in total. The lowest BCUT2D eigenvalue weighted by Crippen LogP contribution is -2.43. The first-order valence-electron chi connectivity index (χ1n) is 8.52. The van der Waals surface area contributed by atoms with E-state index >= 15 is 0 Å². The molecule has 1 aliphatic heterocycles. The number of hydrogen-bond donors (Lipinski definition) is 1. The molecule has 0 amide bonds. The Morgan fingerprint density at radius 1 is 1.10 bits per heavy atom. The SMILES string of the molecule is CCCN(CCOC1CCCCO1)C1CCC(N)CC1. The van der Waals surface area contributed by atoms with E-state index in [4.69, 9.17) is 15.2 Å². The van der Waals surface area contributed by atoms with Gasteiger partial charge in [0.1, 0.15) is 0 Å². The van der Waals surface area contributed by atoms with Crippen LogP contribution in [0.15, 0.2) is 0 Å². The van der Waals surface area contributed by atoms with E-state index in [0.717, 1.165) is 26.2 Å². The van der Waals surface area contributed by atoms with Crippen molar-refractivity contribution in [2.24, 2.45) is 5.73 Å². The first-order chi connectivity index (χ1) is 9.79. The van der Waals surface area contributed by atoms with Crippen molar-refractivity contribution in [2.75, 3.05) is 26.3 Å². The zero-order chi connectivity index (χ0) is 14.2. The molecule has 2 rings (SSSR count). The summed E-state index contributed by atoms with van der Waals surface area (Å²) in [4.78, 5) is 2.61. The van der Waals surface area contributed by atoms with Crippen molar-refractivity contribution in [1.82, 2.24) is 4.90 Å². The van der Waals surface area contributed by atoms with Crippen molar-refractivity contribution in [1.29, 1.82) is 0 Å². The summed E-state index contributed by atoms with van der Waals surface area (Å²) >= 11 is 0. The van der Waals surface area contributed by atoms with Gasteiger partial charge in [-0.2, -0.15) is 0 Å². The van der Waals surface area contributed by atoms with E-state index in [1.165, 1.54) is 51.5 Å². The smallest absolute Gasteiger partial charge is 0.157 e. The van der Waals surface area contributed by atoms with Crippen LogP contribution in [0.25, 0.3) is 0 Å². The van der Waals surface area contributed by atoms with Crippen LogP contribution >= 0.6 is 0 Å². The Balaban J connectivity index is 1.68. The third-order valence-corrected chi connectivity index (χ3v) is 4.59. The van der Waals surface area contributed by atoms with Crippen LogP contribution in [0.2, 0.25) is 0 Å². The molecule has 1 atom stereocenters. The topological polar surface area (TPSA) is 47.7 Å². The van der Waals surface area contributed by atoms with Gasteiger partial charge < -0.3 is 15.2 Å². The van der Waals surface area contributed by atoms with E-state index in [-0.39, 0.29) is 6.29 Å². The van der Waals surface area contributed by atoms with Crippen molar-refractivity contribution >= 4 is 0 Å². The fraction of sp³-hybridized carbons (Fsp3) is 1.00. The number of nitrogens with two attached hydrogens (primary N) is 1. The summed E-state index contributed by atoms with van der Waals surface area (Å²) < 4.78 is 11.5. The van der Waals surface area contributed by atoms with Crippen LogP contribution in [-0.4, -0.2) is 49.6 Å². The summed E-state index contributed by atoms with van der Waals surface area (Å²) in [6.45, 7) is 6.13. The standard InChI is InChI=1S/C16H32N2O2/c1-2-10-18(15-8-6-14(17)7-9-15)11-13-20-16-5-3-4-12-19-16/h14-16H,2-13,17H2,1H3. The van der Waals surface area contributed by atoms with E-state index in [2.05, 4.69) is 11.8 Å². The quantitative estimate of drug-likeness (QED) is 0.780. The van der Waals surface area contributed by atoms with Gasteiger partial charge in [0.05, 0.1) is 6.61 Å². The summed E-state index contributed by atoms with van der Waals surface area (Å²) in [5.41, 5.74) is 6.01. The molecule has 0 radical (unpaired) electrons. The van der Waals surface area contributed by atoms with Crippen LogP contribution in [0.1, 0.15) is 58.3 Å². The van der Waals surface area contributed by atoms with E-state index in [0.29, 0.717) is 12.1 Å². The minimum absolute atomic E-state index is 0.0482. The summed E-state index contributed by atoms with van der Waals surface area (Å²) in [6.07, 6.45) is 9.60. The zero-order valence-corrected chi connectivity index (χ0v) is 13.1. The Morgan fingerprint density at radius 3 is 2.55 bits per heavy atom. The lowest BCUT2D eigenvalue weighted by molar-refractivity contribution is -0.165. The van der Waals surface area contributed by atoms with E-state index in [1.54, 1.807) is 0 Å². The second-order valence-corrected chi connectivity index (χ2v) is 6.27. The maximum absolute atomic E-state index is 6.01. The van der Waals surface area contributed by atoms with Crippen molar-refractivity contribution in [3.05, 3.63) is 0 Å². The molecule has 1 unspecified atom stereocenters. The first-order valence-corrected chi connectivity index (χ1v) is 8.52. The predicted molar refractivity (Wildman–Crippen MR) is 81.6 cm³/mol. The summed E-state index contributed by atoms with van der Waals surface area (Å²) in [7, 11) is 0. The van der Waals surface area contributed by atoms with Gasteiger partial charge in [0.2, 0.25) is 0 Å². The minimum atomic E-state index is 0.0482. The van der Waals surface area contributed by atoms with Gasteiger partial charge in [0.25, 0.3) is 0 Å². The Bertz CT molecular complexity index is 249. The van der Waals surface area contributed by atoms with Crippen molar-refractivity contribution in [2.45, 2.75) is 76.7 Å². The maximum Gasteiger partial charge on any atom is 0.157 e. The van der Waals surface area contributed by atoms with Gasteiger partial charge >= 0.3 is 0 Å². The second-order valence-electron chi connectivity index (χ2n) is 6.27. The van der Waals surface area contributed by atoms with E-state index < -0.39 is 0 Å². The van der Waals surface area contributed by atoms with Gasteiger partial charge in [-0.25, -0.2) is 0 Å². The summed E-state index contributed by atoms with van der Waals surface area (Å²) in [5.74, 6) is 0. The molecule has 0 aromatic carbocycles. The highest BCUT2D eigenvalue weighted by Gasteiger charge is 2.24. The monoisotopic (exact) mass is 284 g/mol. The Hall–Kier alpha value is -0.160. The Morgan fingerprint density at radius 2 is 1.90 bits per heavy atom. The maximum atomic E-state index is 6.01. The lowest BCUT2D eigenvalue weighted by atomic mass is 9.90. The van der Waals surface area contributed by atoms with Crippen LogP contribution in [-0.2, 0) is 9.47 Å². The van der Waals surface area contributed by atoms with Gasteiger partial charge in [-0.15, -0.1) is 0 Å². The van der Waals surface area contributed by atoms with Gasteiger partial charge in [-0.1, -0.05) is 6.92 Å². The number of nitrogens with zero attached hydrogens (tertiary/aromatic N) is 1. The van der Waals surface area contributed by atoms with Gasteiger partial charge in [-0.05, 0) is 57.9 Å². The number of ether oxygens (including phenoxy) is 2. The molecular formula is C16H32N2O2. The van der Waals surface area contributed by atoms with E-state index in [9.17, 15) is 0 Å². The predicted octanol–water partition coefficient (Wildman–Crippen LogP) is 2.51. The fourth-order valence-corrected chi connectivity index (χ4v) is 3.37. The molecule has 0 bridgehead atoms. The number of hydrogen-bond acceptors (Lipinski definition) is 4. The van der Waals surface area contributed by atoms with Crippen molar-refractivity contribution in [3.63, 3.8) is 0 Å². The van der Waals surface area contributed by atoms with E-state index in [1.807, 2.05) is 0 Å². The van der Waals surface area contributed by atoms with Gasteiger partial charge in [0, 0.05) is 25.2 Å². The molecule has 2 fully saturated rings. The third kappa shape index (κ3) is 5.32. The van der Waals surface area contributed by atoms with Crippen molar-refractivity contribution in [3.8, 4) is 0 Å². The number of rotatable bonds is 7. The second kappa shape index (κ2) is 8.98. The van der Waals surface area contributed by atoms with Gasteiger partial charge in [-0.3, -0.25) is 4.90 Å². The van der Waals surface area contributed by atoms with Crippen LogP contribution in [0.3, 0.4) is 0 Å². The molecule has 0 spiro atoms. The minimum Gasteiger partial charge on any atom is -0.353 e. The lowest BCUT2D eigenvalue weighted by Gasteiger charge is -2.36. The Kier molecular flexibility index (Phi) is 7.28. The molecule has 2 aliphatic rings. The highest BCUT2D eigenvalue weighted by molar-refractivity contribution is 4.81. The molecule has 1 saturated heterocycles. The van der Waals surface area contributed by atoms with Crippen LogP contribution in [0.4, 0.5) is 0 Å².